The van der Waals surface area contributed by atoms with Gasteiger partial charge in [0.1, 0.15) is 0 Å². The summed E-state index contributed by atoms with van der Waals surface area (Å²) in [4.78, 5) is 24.9. The number of fused-ring (bicyclic) bond motifs is 3. The van der Waals surface area contributed by atoms with Crippen LogP contribution in [-0.2, 0) is 22.6 Å². The highest BCUT2D eigenvalue weighted by Gasteiger charge is 2.29. The SMILES string of the molecule is CC1(C)Cc2c(ccc3ccccc23)C(=CC(=O)C(=O)NCc2ccccc2)N1. The third-order valence-electron chi connectivity index (χ3n) is 5.22. The van der Waals surface area contributed by atoms with Crippen molar-refractivity contribution in [2.75, 3.05) is 0 Å². The summed E-state index contributed by atoms with van der Waals surface area (Å²) in [6.45, 7) is 4.53. The van der Waals surface area contributed by atoms with Crippen LogP contribution in [0.5, 0.6) is 0 Å². The molecule has 4 rings (SSSR count). The van der Waals surface area contributed by atoms with E-state index in [2.05, 4.69) is 42.7 Å². The second-order valence-corrected chi connectivity index (χ2v) is 8.09. The van der Waals surface area contributed by atoms with E-state index in [1.807, 2.05) is 48.5 Å². The van der Waals surface area contributed by atoms with Crippen molar-refractivity contribution in [2.24, 2.45) is 0 Å². The lowest BCUT2D eigenvalue weighted by Crippen LogP contribution is -2.44. The molecule has 0 radical (unpaired) electrons. The lowest BCUT2D eigenvalue weighted by molar-refractivity contribution is -0.135. The Morgan fingerprint density at radius 3 is 2.52 bits per heavy atom. The first-order chi connectivity index (χ1) is 13.9. The minimum atomic E-state index is -0.603. The van der Waals surface area contributed by atoms with E-state index in [-0.39, 0.29) is 5.54 Å². The Kier molecular flexibility index (Phi) is 4.93. The lowest BCUT2D eigenvalue weighted by Gasteiger charge is -2.36. The average molecular weight is 384 g/mol. The minimum absolute atomic E-state index is 0.218. The molecule has 146 valence electrons. The normalized spacial score (nSPS) is 16.1. The number of carbonyl (C=O) groups is 2. The van der Waals surface area contributed by atoms with Crippen LogP contribution in [0.3, 0.4) is 0 Å². The highest BCUT2D eigenvalue weighted by molar-refractivity contribution is 6.41. The molecule has 3 aromatic carbocycles. The first-order valence-corrected chi connectivity index (χ1v) is 9.80. The molecule has 0 aromatic heterocycles. The van der Waals surface area contributed by atoms with Crippen molar-refractivity contribution >= 4 is 28.2 Å². The third kappa shape index (κ3) is 4.06. The third-order valence-corrected chi connectivity index (χ3v) is 5.22. The van der Waals surface area contributed by atoms with Gasteiger partial charge in [-0.1, -0.05) is 66.7 Å². The van der Waals surface area contributed by atoms with Crippen LogP contribution in [-0.4, -0.2) is 17.2 Å². The zero-order valence-corrected chi connectivity index (χ0v) is 16.7. The predicted molar refractivity (Wildman–Crippen MR) is 116 cm³/mol. The summed E-state index contributed by atoms with van der Waals surface area (Å²) >= 11 is 0. The van der Waals surface area contributed by atoms with Crippen molar-refractivity contribution in [3.63, 3.8) is 0 Å². The van der Waals surface area contributed by atoms with Crippen LogP contribution in [0.2, 0.25) is 0 Å². The van der Waals surface area contributed by atoms with Crippen LogP contribution < -0.4 is 10.6 Å². The fourth-order valence-corrected chi connectivity index (χ4v) is 3.87. The molecule has 4 nitrogen and oxygen atoms in total. The van der Waals surface area contributed by atoms with Crippen LogP contribution in [0.15, 0.2) is 72.8 Å². The molecule has 1 heterocycles. The second kappa shape index (κ2) is 7.55. The van der Waals surface area contributed by atoms with Gasteiger partial charge in [0.2, 0.25) is 5.78 Å². The van der Waals surface area contributed by atoms with E-state index in [9.17, 15) is 9.59 Å². The summed E-state index contributed by atoms with van der Waals surface area (Å²) in [6.07, 6.45) is 2.27. The maximum atomic E-state index is 12.6. The molecule has 1 aliphatic rings. The Morgan fingerprint density at radius 2 is 1.72 bits per heavy atom. The van der Waals surface area contributed by atoms with Gasteiger partial charge >= 0.3 is 0 Å². The number of hydrogen-bond acceptors (Lipinski definition) is 3. The number of amides is 1. The van der Waals surface area contributed by atoms with Crippen LogP contribution in [0.4, 0.5) is 0 Å². The van der Waals surface area contributed by atoms with E-state index in [1.165, 1.54) is 22.4 Å². The minimum Gasteiger partial charge on any atom is -0.379 e. The molecule has 3 aromatic rings. The van der Waals surface area contributed by atoms with Gasteiger partial charge in [0.15, 0.2) is 0 Å². The standard InChI is InChI=1S/C25H24N2O2/c1-25(2)15-21-19-11-7-6-10-18(19)12-13-20(21)22(27-25)14-23(28)24(29)26-16-17-8-4-3-5-9-17/h3-14,27H,15-16H2,1-2H3,(H,26,29). The molecule has 0 saturated carbocycles. The van der Waals surface area contributed by atoms with E-state index in [0.717, 1.165) is 17.5 Å². The van der Waals surface area contributed by atoms with Gasteiger partial charge in [-0.05, 0) is 42.2 Å². The molecule has 1 amide bonds. The van der Waals surface area contributed by atoms with Crippen molar-refractivity contribution in [1.29, 1.82) is 0 Å². The summed E-state index contributed by atoms with van der Waals surface area (Å²) < 4.78 is 0. The molecule has 0 fully saturated rings. The molecule has 2 N–H and O–H groups in total. The summed E-state index contributed by atoms with van der Waals surface area (Å²) in [5.41, 5.74) is 3.61. The molecule has 0 unspecified atom stereocenters. The van der Waals surface area contributed by atoms with Crippen molar-refractivity contribution in [1.82, 2.24) is 10.6 Å². The maximum absolute atomic E-state index is 12.6. The van der Waals surface area contributed by atoms with Gasteiger partial charge in [-0.3, -0.25) is 9.59 Å². The molecule has 0 saturated heterocycles. The number of hydrogen-bond donors (Lipinski definition) is 2. The van der Waals surface area contributed by atoms with Crippen LogP contribution in [0.1, 0.15) is 30.5 Å². The Balaban J connectivity index is 1.62. The molecule has 0 aliphatic carbocycles. The van der Waals surface area contributed by atoms with Gasteiger partial charge in [0, 0.05) is 29.4 Å². The maximum Gasteiger partial charge on any atom is 0.292 e. The van der Waals surface area contributed by atoms with Crippen LogP contribution in [0.25, 0.3) is 16.5 Å². The van der Waals surface area contributed by atoms with Crippen molar-refractivity contribution in [3.05, 3.63) is 89.5 Å². The van der Waals surface area contributed by atoms with Gasteiger partial charge in [-0.15, -0.1) is 0 Å². The van der Waals surface area contributed by atoms with Crippen molar-refractivity contribution in [2.45, 2.75) is 32.4 Å². The predicted octanol–water partition coefficient (Wildman–Crippen LogP) is 3.99. The first kappa shape index (κ1) is 18.9. The molecular formula is C25H24N2O2. The topological polar surface area (TPSA) is 58.2 Å². The summed E-state index contributed by atoms with van der Waals surface area (Å²) in [5.74, 6) is -1.16. The smallest absolute Gasteiger partial charge is 0.292 e. The molecule has 4 heteroatoms. The fraction of sp³-hybridized carbons (Fsp3) is 0.200. The summed E-state index contributed by atoms with van der Waals surface area (Å²) in [7, 11) is 0. The van der Waals surface area contributed by atoms with Gasteiger partial charge in [-0.25, -0.2) is 0 Å². The van der Waals surface area contributed by atoms with E-state index in [1.54, 1.807) is 0 Å². The molecule has 0 bridgehead atoms. The Hall–Kier alpha value is -3.40. The Bertz CT molecular complexity index is 1110. The lowest BCUT2D eigenvalue weighted by atomic mass is 9.83. The second-order valence-electron chi connectivity index (χ2n) is 8.09. The molecule has 0 spiro atoms. The Morgan fingerprint density at radius 1 is 1.00 bits per heavy atom. The van der Waals surface area contributed by atoms with E-state index >= 15 is 0 Å². The van der Waals surface area contributed by atoms with Gasteiger partial charge in [-0.2, -0.15) is 0 Å². The zero-order valence-electron chi connectivity index (χ0n) is 16.7. The van der Waals surface area contributed by atoms with Crippen LogP contribution >= 0.6 is 0 Å². The molecule has 0 atom stereocenters. The number of nitrogens with one attached hydrogen (secondary N) is 2. The van der Waals surface area contributed by atoms with Gasteiger partial charge in [0.05, 0.1) is 0 Å². The monoisotopic (exact) mass is 384 g/mol. The van der Waals surface area contributed by atoms with Gasteiger partial charge in [0.25, 0.3) is 5.91 Å². The van der Waals surface area contributed by atoms with Crippen molar-refractivity contribution in [3.8, 4) is 0 Å². The summed E-state index contributed by atoms with van der Waals surface area (Å²) in [6, 6.07) is 21.9. The van der Waals surface area contributed by atoms with Crippen molar-refractivity contribution < 1.29 is 9.59 Å². The average Bonchev–Trinajstić information content (AvgIpc) is 2.72. The Labute approximate surface area is 170 Å². The van der Waals surface area contributed by atoms with Crippen LogP contribution in [0, 0.1) is 0 Å². The molecular weight excluding hydrogens is 360 g/mol. The number of carbonyl (C=O) groups excluding carboxylic acids is 2. The van der Waals surface area contributed by atoms with E-state index < -0.39 is 11.7 Å². The number of rotatable bonds is 4. The van der Waals surface area contributed by atoms with Gasteiger partial charge < -0.3 is 10.6 Å². The highest BCUT2D eigenvalue weighted by Crippen LogP contribution is 2.34. The number of benzene rings is 3. The van der Waals surface area contributed by atoms with E-state index in [4.69, 9.17) is 0 Å². The molecule has 29 heavy (non-hydrogen) atoms. The zero-order chi connectivity index (χ0) is 20.4. The quantitative estimate of drug-likeness (QED) is 0.528. The number of ketones is 1. The highest BCUT2D eigenvalue weighted by atomic mass is 16.2. The largest absolute Gasteiger partial charge is 0.379 e. The molecule has 1 aliphatic heterocycles. The summed E-state index contributed by atoms with van der Waals surface area (Å²) in [5, 5.41) is 8.50. The first-order valence-electron chi connectivity index (χ1n) is 9.80. The fourth-order valence-electron chi connectivity index (χ4n) is 3.87. The van der Waals surface area contributed by atoms with E-state index in [0.29, 0.717) is 12.2 Å².